The zero-order valence-electron chi connectivity index (χ0n) is 18.5. The first-order valence-corrected chi connectivity index (χ1v) is 11.2. The van der Waals surface area contributed by atoms with Gasteiger partial charge in [-0.3, -0.25) is 23.3 Å². The van der Waals surface area contributed by atoms with Gasteiger partial charge in [-0.25, -0.2) is 4.79 Å². The molecule has 4 aromatic rings. The summed E-state index contributed by atoms with van der Waals surface area (Å²) in [5.41, 5.74) is 6.24. The fourth-order valence-electron chi connectivity index (χ4n) is 3.41. The Bertz CT molecular complexity index is 1440. The predicted molar refractivity (Wildman–Crippen MR) is 129 cm³/mol. The van der Waals surface area contributed by atoms with Crippen molar-refractivity contribution >= 4 is 23.4 Å². The van der Waals surface area contributed by atoms with E-state index < -0.39 is 17.0 Å². The summed E-state index contributed by atoms with van der Waals surface area (Å²) < 4.78 is 9.02. The van der Waals surface area contributed by atoms with E-state index in [1.165, 1.54) is 17.9 Å². The molecule has 11 heteroatoms. The lowest BCUT2D eigenvalue weighted by molar-refractivity contribution is 0.102. The SMILES string of the molecule is COc1ccc(-n2cnnc2SCC(=O)c2c(N)n(Cc3ccccc3)c(=O)n(C)c2=O)cc1. The molecule has 10 nitrogen and oxygen atoms in total. The Labute approximate surface area is 198 Å². The molecule has 0 fully saturated rings. The van der Waals surface area contributed by atoms with Crippen molar-refractivity contribution in [3.8, 4) is 11.4 Å². The van der Waals surface area contributed by atoms with Crippen LogP contribution in [0.4, 0.5) is 5.82 Å². The highest BCUT2D eigenvalue weighted by Gasteiger charge is 2.22. The minimum Gasteiger partial charge on any atom is -0.497 e. The molecule has 0 unspecified atom stereocenters. The molecule has 2 heterocycles. The van der Waals surface area contributed by atoms with E-state index in [1.54, 1.807) is 23.8 Å². The van der Waals surface area contributed by atoms with Crippen molar-refractivity contribution in [3.05, 3.63) is 92.9 Å². The number of ether oxygens (including phenoxy) is 1. The number of ketones is 1. The zero-order valence-corrected chi connectivity index (χ0v) is 19.4. The summed E-state index contributed by atoms with van der Waals surface area (Å²) >= 11 is 1.12. The van der Waals surface area contributed by atoms with Gasteiger partial charge < -0.3 is 10.5 Å². The summed E-state index contributed by atoms with van der Waals surface area (Å²) in [5.74, 6) is -0.0656. The molecule has 0 saturated carbocycles. The highest BCUT2D eigenvalue weighted by atomic mass is 32.2. The molecule has 34 heavy (non-hydrogen) atoms. The summed E-state index contributed by atoms with van der Waals surface area (Å²) in [5, 5.41) is 8.46. The molecule has 0 radical (unpaired) electrons. The first-order chi connectivity index (χ1) is 16.4. The number of methoxy groups -OCH3 is 1. The van der Waals surface area contributed by atoms with Crippen LogP contribution < -0.4 is 21.7 Å². The molecule has 2 aromatic heterocycles. The summed E-state index contributed by atoms with van der Waals surface area (Å²) in [6, 6.07) is 16.5. The molecule has 0 atom stereocenters. The lowest BCUT2D eigenvalue weighted by atomic mass is 10.2. The van der Waals surface area contributed by atoms with Crippen LogP contribution in [-0.2, 0) is 13.6 Å². The summed E-state index contributed by atoms with van der Waals surface area (Å²) in [4.78, 5) is 38.5. The lowest BCUT2D eigenvalue weighted by Crippen LogP contribution is -2.43. The highest BCUT2D eigenvalue weighted by molar-refractivity contribution is 7.99. The van der Waals surface area contributed by atoms with Crippen LogP contribution in [-0.4, -0.2) is 42.5 Å². The van der Waals surface area contributed by atoms with E-state index in [0.717, 1.165) is 27.6 Å². The molecular formula is C23H22N6O4S. The molecule has 0 aliphatic rings. The van der Waals surface area contributed by atoms with Crippen molar-refractivity contribution in [1.82, 2.24) is 23.9 Å². The maximum Gasteiger partial charge on any atom is 0.332 e. The third-order valence-corrected chi connectivity index (χ3v) is 6.19. The number of hydrogen-bond donors (Lipinski definition) is 1. The van der Waals surface area contributed by atoms with Gasteiger partial charge in [0.05, 0.1) is 19.4 Å². The molecule has 0 saturated heterocycles. The number of carbonyl (C=O) groups excluding carboxylic acids is 1. The van der Waals surface area contributed by atoms with E-state index >= 15 is 0 Å². The van der Waals surface area contributed by atoms with Crippen LogP contribution in [0.5, 0.6) is 5.75 Å². The van der Waals surface area contributed by atoms with Crippen LogP contribution in [0.15, 0.2) is 75.7 Å². The number of carbonyl (C=O) groups is 1. The quantitative estimate of drug-likeness (QED) is 0.300. The number of nitrogens with two attached hydrogens (primary N) is 1. The van der Waals surface area contributed by atoms with Crippen molar-refractivity contribution < 1.29 is 9.53 Å². The standard InChI is InChI=1S/C23H22N6O4S/c1-27-21(31)19(20(24)28(23(27)32)12-15-6-4-3-5-7-15)18(30)13-34-22-26-25-14-29(22)16-8-10-17(33-2)11-9-16/h3-11,14H,12-13,24H2,1-2H3. The zero-order chi connectivity index (χ0) is 24.2. The van der Waals surface area contributed by atoms with Gasteiger partial charge in [0.1, 0.15) is 23.5 Å². The molecule has 0 spiro atoms. The molecule has 0 bridgehead atoms. The monoisotopic (exact) mass is 478 g/mol. The Morgan fingerprint density at radius 3 is 2.47 bits per heavy atom. The maximum absolute atomic E-state index is 13.1. The van der Waals surface area contributed by atoms with E-state index in [9.17, 15) is 14.4 Å². The van der Waals surface area contributed by atoms with Gasteiger partial charge in [-0.05, 0) is 29.8 Å². The average molecular weight is 479 g/mol. The molecular weight excluding hydrogens is 456 g/mol. The molecule has 174 valence electrons. The number of anilines is 1. The molecule has 2 aromatic carbocycles. The second kappa shape index (κ2) is 9.79. The van der Waals surface area contributed by atoms with Crippen LogP contribution in [0.2, 0.25) is 0 Å². The second-order valence-corrected chi connectivity index (χ2v) is 8.31. The average Bonchev–Trinajstić information content (AvgIpc) is 3.33. The van der Waals surface area contributed by atoms with Crippen molar-refractivity contribution in [3.63, 3.8) is 0 Å². The number of aromatic nitrogens is 5. The van der Waals surface area contributed by atoms with Crippen LogP contribution in [0.3, 0.4) is 0 Å². The van der Waals surface area contributed by atoms with Gasteiger partial charge >= 0.3 is 5.69 Å². The van der Waals surface area contributed by atoms with Crippen molar-refractivity contribution in [2.45, 2.75) is 11.7 Å². The van der Waals surface area contributed by atoms with Crippen molar-refractivity contribution in [1.29, 1.82) is 0 Å². The third kappa shape index (κ3) is 4.50. The summed E-state index contributed by atoms with van der Waals surface area (Å²) in [6.45, 7) is 0.138. The second-order valence-electron chi connectivity index (χ2n) is 7.37. The maximum atomic E-state index is 13.1. The van der Waals surface area contributed by atoms with Crippen molar-refractivity contribution in [2.75, 3.05) is 18.6 Å². The largest absolute Gasteiger partial charge is 0.497 e. The molecule has 2 N–H and O–H groups in total. The number of nitrogens with zero attached hydrogens (tertiary/aromatic N) is 5. The normalized spacial score (nSPS) is 10.9. The highest BCUT2D eigenvalue weighted by Crippen LogP contribution is 2.22. The Balaban J connectivity index is 1.60. The first-order valence-electron chi connectivity index (χ1n) is 10.2. The minimum atomic E-state index is -0.728. The van der Waals surface area contributed by atoms with Crippen LogP contribution in [0, 0.1) is 0 Å². The van der Waals surface area contributed by atoms with E-state index in [1.807, 2.05) is 42.5 Å². The molecule has 4 rings (SSSR count). The summed E-state index contributed by atoms with van der Waals surface area (Å²) in [7, 11) is 2.91. The van der Waals surface area contributed by atoms with E-state index in [4.69, 9.17) is 10.5 Å². The van der Waals surface area contributed by atoms with E-state index in [0.29, 0.717) is 10.9 Å². The van der Waals surface area contributed by atoms with Crippen LogP contribution in [0.1, 0.15) is 15.9 Å². The van der Waals surface area contributed by atoms with Gasteiger partial charge in [0, 0.05) is 12.7 Å². The Hall–Kier alpha value is -4.12. The minimum absolute atomic E-state index is 0.113. The molecule has 0 aliphatic heterocycles. The third-order valence-electron chi connectivity index (χ3n) is 5.25. The molecule has 0 amide bonds. The molecule has 0 aliphatic carbocycles. The van der Waals surface area contributed by atoms with Gasteiger partial charge in [-0.1, -0.05) is 42.1 Å². The topological polar surface area (TPSA) is 127 Å². The van der Waals surface area contributed by atoms with Crippen LogP contribution >= 0.6 is 11.8 Å². The number of thioether (sulfide) groups is 1. The number of hydrogen-bond acceptors (Lipinski definition) is 8. The summed E-state index contributed by atoms with van der Waals surface area (Å²) in [6.07, 6.45) is 1.53. The Morgan fingerprint density at radius 1 is 1.09 bits per heavy atom. The lowest BCUT2D eigenvalue weighted by Gasteiger charge is -2.14. The fourth-order valence-corrected chi connectivity index (χ4v) is 4.21. The Kier molecular flexibility index (Phi) is 6.64. The van der Waals surface area contributed by atoms with Gasteiger partial charge in [0.25, 0.3) is 5.56 Å². The number of Topliss-reactive ketones (excluding diaryl/α,β-unsaturated/α-hetero) is 1. The van der Waals surface area contributed by atoms with Gasteiger partial charge in [0.15, 0.2) is 10.9 Å². The van der Waals surface area contributed by atoms with E-state index in [2.05, 4.69) is 10.2 Å². The first kappa shape index (κ1) is 23.1. The smallest absolute Gasteiger partial charge is 0.332 e. The number of rotatable bonds is 8. The van der Waals surface area contributed by atoms with Gasteiger partial charge in [-0.2, -0.15) is 0 Å². The predicted octanol–water partition coefficient (Wildman–Crippen LogP) is 1.74. The van der Waals surface area contributed by atoms with Crippen LogP contribution in [0.25, 0.3) is 5.69 Å². The Morgan fingerprint density at radius 2 is 1.79 bits per heavy atom. The number of nitrogen functional groups attached to an aromatic ring is 1. The fraction of sp³-hybridized carbons (Fsp3) is 0.174. The van der Waals surface area contributed by atoms with Crippen molar-refractivity contribution in [2.24, 2.45) is 7.05 Å². The number of benzene rings is 2. The van der Waals surface area contributed by atoms with E-state index in [-0.39, 0.29) is 23.7 Å². The van der Waals surface area contributed by atoms with Gasteiger partial charge in [0.2, 0.25) is 0 Å². The van der Waals surface area contributed by atoms with Gasteiger partial charge in [-0.15, -0.1) is 10.2 Å².